The molecule has 1 amide bonds. The maximum Gasteiger partial charge on any atom is 0.410 e. The normalized spacial score (nSPS) is 17.4. The molecule has 0 saturated carbocycles. The first-order chi connectivity index (χ1) is 16.2. The molecule has 1 saturated heterocycles. The fourth-order valence-corrected chi connectivity index (χ4v) is 4.42. The second-order valence-electron chi connectivity index (χ2n) is 10.1. The van der Waals surface area contributed by atoms with Gasteiger partial charge in [0.1, 0.15) is 5.60 Å². The van der Waals surface area contributed by atoms with Gasteiger partial charge in [-0.15, -0.1) is 0 Å². The maximum absolute atomic E-state index is 12.3. The minimum Gasteiger partial charge on any atom is -0.444 e. The zero-order valence-corrected chi connectivity index (χ0v) is 20.5. The molecule has 2 unspecified atom stereocenters. The molecular formula is C28H35N3O3. The summed E-state index contributed by atoms with van der Waals surface area (Å²) in [6, 6.07) is 18.1. The number of nitrogens with zero attached hydrogens (tertiary/aromatic N) is 2. The third kappa shape index (κ3) is 5.75. The van der Waals surface area contributed by atoms with E-state index in [0.717, 1.165) is 59.1 Å². The van der Waals surface area contributed by atoms with Crippen LogP contribution in [0, 0.1) is 0 Å². The van der Waals surface area contributed by atoms with Gasteiger partial charge in [0.05, 0.1) is 17.3 Å². The number of carbonyl (C=O) groups is 1. The van der Waals surface area contributed by atoms with Crippen LogP contribution in [0.1, 0.15) is 57.3 Å². The van der Waals surface area contributed by atoms with Gasteiger partial charge in [0.25, 0.3) is 0 Å². The van der Waals surface area contributed by atoms with Crippen LogP contribution < -0.4 is 5.32 Å². The predicted molar refractivity (Wildman–Crippen MR) is 135 cm³/mol. The number of ether oxygens (including phenoxy) is 1. The summed E-state index contributed by atoms with van der Waals surface area (Å²) in [6.07, 6.45) is 2.31. The highest BCUT2D eigenvalue weighted by Crippen LogP contribution is 2.32. The number of piperidine rings is 1. The average molecular weight is 462 g/mol. The molecule has 0 spiro atoms. The number of pyridine rings is 1. The van der Waals surface area contributed by atoms with Crippen LogP contribution in [0.25, 0.3) is 22.2 Å². The number of aromatic nitrogens is 1. The number of para-hydroxylation sites is 1. The average Bonchev–Trinajstić information content (AvgIpc) is 2.83. The number of nitrogens with one attached hydrogen (secondary N) is 1. The highest BCUT2D eigenvalue weighted by Gasteiger charge is 2.25. The van der Waals surface area contributed by atoms with Crippen molar-refractivity contribution in [2.24, 2.45) is 0 Å². The number of aliphatic hydroxyl groups excluding tert-OH is 1. The van der Waals surface area contributed by atoms with Gasteiger partial charge in [-0.05, 0) is 63.4 Å². The lowest BCUT2D eigenvalue weighted by Crippen LogP contribution is -2.38. The Bertz CT molecular complexity index is 1130. The Morgan fingerprint density at radius 2 is 1.91 bits per heavy atom. The van der Waals surface area contributed by atoms with Gasteiger partial charge in [0.15, 0.2) is 0 Å². The van der Waals surface area contributed by atoms with E-state index < -0.39 is 11.7 Å². The molecule has 0 bridgehead atoms. The SMILES string of the molecule is CN(Cc1ccc(-c2cc(C(O)C3CCCCN3)c3ccccc3n2)cc1)C(=O)OC(C)(C)C. The summed E-state index contributed by atoms with van der Waals surface area (Å²) < 4.78 is 5.44. The molecule has 1 aliphatic rings. The van der Waals surface area contributed by atoms with Gasteiger partial charge < -0.3 is 20.1 Å². The second kappa shape index (κ2) is 10.1. The van der Waals surface area contributed by atoms with Crippen LogP contribution >= 0.6 is 0 Å². The number of benzene rings is 2. The summed E-state index contributed by atoms with van der Waals surface area (Å²) >= 11 is 0. The van der Waals surface area contributed by atoms with Crippen LogP contribution in [0.5, 0.6) is 0 Å². The number of rotatable bonds is 5. The molecule has 2 N–H and O–H groups in total. The Morgan fingerprint density at radius 3 is 2.59 bits per heavy atom. The molecule has 4 rings (SSSR count). The highest BCUT2D eigenvalue weighted by atomic mass is 16.6. The van der Waals surface area contributed by atoms with Crippen molar-refractivity contribution in [3.8, 4) is 11.3 Å². The Labute approximate surface area is 202 Å². The van der Waals surface area contributed by atoms with Gasteiger partial charge in [-0.2, -0.15) is 0 Å². The molecule has 2 aromatic carbocycles. The minimum atomic E-state index is -0.589. The molecular weight excluding hydrogens is 426 g/mol. The number of fused-ring (bicyclic) bond motifs is 1. The van der Waals surface area contributed by atoms with Crippen LogP contribution in [0.2, 0.25) is 0 Å². The summed E-state index contributed by atoms with van der Waals surface area (Å²) in [5, 5.41) is 15.7. The van der Waals surface area contributed by atoms with Gasteiger partial charge in [-0.1, -0.05) is 48.9 Å². The lowest BCUT2D eigenvalue weighted by Gasteiger charge is -2.29. The number of aliphatic hydroxyl groups is 1. The third-order valence-corrected chi connectivity index (χ3v) is 6.17. The lowest BCUT2D eigenvalue weighted by atomic mass is 9.92. The molecule has 2 atom stereocenters. The molecule has 2 heterocycles. The van der Waals surface area contributed by atoms with Crippen LogP contribution in [0.4, 0.5) is 4.79 Å². The van der Waals surface area contributed by atoms with E-state index in [-0.39, 0.29) is 12.1 Å². The first-order valence-corrected chi connectivity index (χ1v) is 12.1. The van der Waals surface area contributed by atoms with Gasteiger partial charge in [0.2, 0.25) is 0 Å². The molecule has 1 aliphatic heterocycles. The zero-order valence-electron chi connectivity index (χ0n) is 20.5. The topological polar surface area (TPSA) is 74.7 Å². The molecule has 3 aromatic rings. The smallest absolute Gasteiger partial charge is 0.410 e. The summed E-state index contributed by atoms with van der Waals surface area (Å²) in [6.45, 7) is 6.98. The molecule has 0 radical (unpaired) electrons. The van der Waals surface area contributed by atoms with Gasteiger partial charge in [-0.25, -0.2) is 9.78 Å². The lowest BCUT2D eigenvalue weighted by molar-refractivity contribution is 0.0285. The monoisotopic (exact) mass is 461 g/mol. The van der Waals surface area contributed by atoms with Crippen molar-refractivity contribution >= 4 is 17.0 Å². The predicted octanol–water partition coefficient (Wildman–Crippen LogP) is 5.44. The van der Waals surface area contributed by atoms with Crippen molar-refractivity contribution in [1.82, 2.24) is 15.2 Å². The molecule has 6 heteroatoms. The molecule has 1 aromatic heterocycles. The first-order valence-electron chi connectivity index (χ1n) is 12.1. The van der Waals surface area contributed by atoms with E-state index in [1.165, 1.54) is 0 Å². The standard InChI is InChI=1S/C28H35N3O3/c1-28(2,3)34-27(33)31(4)18-19-12-14-20(15-13-19)25-17-22(21-9-5-6-10-23(21)30-25)26(32)24-11-7-8-16-29-24/h5-6,9-10,12-15,17,24,26,29,32H,7-8,11,16,18H2,1-4H3. The van der Waals surface area contributed by atoms with E-state index >= 15 is 0 Å². The fourth-order valence-electron chi connectivity index (χ4n) is 4.42. The van der Waals surface area contributed by atoms with Crippen molar-refractivity contribution in [3.05, 3.63) is 65.7 Å². The fraction of sp³-hybridized carbons (Fsp3) is 0.429. The van der Waals surface area contributed by atoms with Crippen molar-refractivity contribution in [3.63, 3.8) is 0 Å². The third-order valence-electron chi connectivity index (χ3n) is 6.17. The Kier molecular flexibility index (Phi) is 7.19. The van der Waals surface area contributed by atoms with Crippen LogP contribution in [-0.4, -0.2) is 46.3 Å². The molecule has 1 fully saturated rings. The van der Waals surface area contributed by atoms with E-state index in [1.807, 2.05) is 75.4 Å². The largest absolute Gasteiger partial charge is 0.444 e. The van der Waals surface area contributed by atoms with Gasteiger partial charge in [-0.3, -0.25) is 0 Å². The summed E-state index contributed by atoms with van der Waals surface area (Å²) in [5.41, 5.74) is 4.07. The van der Waals surface area contributed by atoms with E-state index in [9.17, 15) is 9.90 Å². The number of hydrogen-bond acceptors (Lipinski definition) is 5. The quantitative estimate of drug-likeness (QED) is 0.529. The van der Waals surface area contributed by atoms with E-state index in [0.29, 0.717) is 6.54 Å². The van der Waals surface area contributed by atoms with Crippen molar-refractivity contribution in [1.29, 1.82) is 0 Å². The maximum atomic E-state index is 12.3. The minimum absolute atomic E-state index is 0.0539. The first kappa shape index (κ1) is 24.2. The number of amides is 1. The second-order valence-corrected chi connectivity index (χ2v) is 10.1. The van der Waals surface area contributed by atoms with Crippen molar-refractivity contribution in [2.75, 3.05) is 13.6 Å². The summed E-state index contributed by atoms with van der Waals surface area (Å²) in [4.78, 5) is 18.7. The van der Waals surface area contributed by atoms with Crippen LogP contribution in [-0.2, 0) is 11.3 Å². The van der Waals surface area contributed by atoms with Crippen LogP contribution in [0.15, 0.2) is 54.6 Å². The van der Waals surface area contributed by atoms with E-state index in [1.54, 1.807) is 11.9 Å². The molecule has 34 heavy (non-hydrogen) atoms. The Balaban J connectivity index is 1.58. The van der Waals surface area contributed by atoms with Gasteiger partial charge in [0, 0.05) is 30.6 Å². The van der Waals surface area contributed by atoms with Crippen LogP contribution in [0.3, 0.4) is 0 Å². The Morgan fingerprint density at radius 1 is 1.18 bits per heavy atom. The summed E-state index contributed by atoms with van der Waals surface area (Å²) in [7, 11) is 1.74. The van der Waals surface area contributed by atoms with E-state index in [2.05, 4.69) is 5.32 Å². The Hall–Kier alpha value is -2.96. The number of carbonyl (C=O) groups excluding carboxylic acids is 1. The number of hydrogen-bond donors (Lipinski definition) is 2. The highest BCUT2D eigenvalue weighted by molar-refractivity contribution is 5.85. The molecule has 180 valence electrons. The molecule has 6 nitrogen and oxygen atoms in total. The van der Waals surface area contributed by atoms with Gasteiger partial charge >= 0.3 is 6.09 Å². The zero-order chi connectivity index (χ0) is 24.3. The summed E-state index contributed by atoms with van der Waals surface area (Å²) in [5.74, 6) is 0. The van der Waals surface area contributed by atoms with Crippen molar-refractivity contribution < 1.29 is 14.6 Å². The van der Waals surface area contributed by atoms with Crippen molar-refractivity contribution in [2.45, 2.75) is 64.3 Å². The van der Waals surface area contributed by atoms with E-state index in [4.69, 9.17) is 9.72 Å². The molecule has 0 aliphatic carbocycles.